The topological polar surface area (TPSA) is 55.6 Å². The number of hydrogen-bond donors (Lipinski definition) is 1. The Morgan fingerprint density at radius 1 is 1.40 bits per heavy atom. The second kappa shape index (κ2) is 5.09. The van der Waals surface area contributed by atoms with Crippen molar-refractivity contribution in [3.05, 3.63) is 35.4 Å². The van der Waals surface area contributed by atoms with Crippen molar-refractivity contribution in [2.24, 2.45) is 5.73 Å². The molecule has 0 heterocycles. The van der Waals surface area contributed by atoms with Gasteiger partial charge in [0.2, 0.25) is 0 Å². The zero-order valence-electron chi connectivity index (χ0n) is 12.8. The minimum atomic E-state index is -0.472. The number of amides is 1. The van der Waals surface area contributed by atoms with Crippen LogP contribution in [0, 0.1) is 0 Å². The summed E-state index contributed by atoms with van der Waals surface area (Å²) in [5.74, 6) is 0. The molecule has 1 saturated carbocycles. The molecule has 1 fully saturated rings. The largest absolute Gasteiger partial charge is 0.444 e. The predicted octanol–water partition coefficient (Wildman–Crippen LogP) is 3.00. The standard InChI is InChI=1S/C16H24N2O2/c1-15(2,3)20-14(19)18(4)16(8-9-16)13-7-5-6-12(10-13)11-17/h5-7,10H,8-9,11,17H2,1-4H3. The Bertz CT molecular complexity index is 501. The highest BCUT2D eigenvalue weighted by Gasteiger charge is 2.51. The van der Waals surface area contributed by atoms with Crippen LogP contribution < -0.4 is 5.73 Å². The molecular weight excluding hydrogens is 252 g/mol. The van der Waals surface area contributed by atoms with Gasteiger partial charge >= 0.3 is 6.09 Å². The van der Waals surface area contributed by atoms with Gasteiger partial charge in [-0.15, -0.1) is 0 Å². The molecule has 2 rings (SSSR count). The molecule has 2 N–H and O–H groups in total. The minimum Gasteiger partial charge on any atom is -0.444 e. The van der Waals surface area contributed by atoms with Gasteiger partial charge in [0.25, 0.3) is 0 Å². The molecular formula is C16H24N2O2. The van der Waals surface area contributed by atoms with Crippen molar-refractivity contribution >= 4 is 6.09 Å². The summed E-state index contributed by atoms with van der Waals surface area (Å²) in [7, 11) is 1.82. The quantitative estimate of drug-likeness (QED) is 0.923. The summed E-state index contributed by atoms with van der Waals surface area (Å²) in [4.78, 5) is 14.0. The molecule has 1 aliphatic rings. The summed E-state index contributed by atoms with van der Waals surface area (Å²) >= 11 is 0. The molecule has 110 valence electrons. The number of nitrogens with two attached hydrogens (primary N) is 1. The average Bonchev–Trinajstić information content (AvgIpc) is 3.17. The smallest absolute Gasteiger partial charge is 0.410 e. The van der Waals surface area contributed by atoms with Crippen LogP contribution in [0.5, 0.6) is 0 Å². The number of hydrogen-bond acceptors (Lipinski definition) is 3. The lowest BCUT2D eigenvalue weighted by atomic mass is 10.0. The molecule has 0 unspecified atom stereocenters. The van der Waals surface area contributed by atoms with Crippen LogP contribution in [0.25, 0.3) is 0 Å². The Hall–Kier alpha value is -1.55. The third-order valence-corrected chi connectivity index (χ3v) is 3.73. The van der Waals surface area contributed by atoms with E-state index < -0.39 is 5.60 Å². The summed E-state index contributed by atoms with van der Waals surface area (Å²) in [5.41, 5.74) is 7.25. The van der Waals surface area contributed by atoms with E-state index in [0.717, 1.165) is 24.0 Å². The zero-order chi connectivity index (χ0) is 15.0. The lowest BCUT2D eigenvalue weighted by Gasteiger charge is -2.31. The fourth-order valence-corrected chi connectivity index (χ4v) is 2.43. The molecule has 1 aromatic rings. The van der Waals surface area contributed by atoms with Crippen LogP contribution in [0.3, 0.4) is 0 Å². The van der Waals surface area contributed by atoms with E-state index in [1.54, 1.807) is 4.90 Å². The Labute approximate surface area is 120 Å². The van der Waals surface area contributed by atoms with Gasteiger partial charge < -0.3 is 15.4 Å². The first-order chi connectivity index (χ1) is 9.28. The Kier molecular flexibility index (Phi) is 3.78. The van der Waals surface area contributed by atoms with Crippen molar-refractivity contribution in [1.29, 1.82) is 0 Å². The van der Waals surface area contributed by atoms with Gasteiger partial charge in [0, 0.05) is 13.6 Å². The maximum absolute atomic E-state index is 12.3. The van der Waals surface area contributed by atoms with E-state index >= 15 is 0 Å². The van der Waals surface area contributed by atoms with Crippen LogP contribution in [0.4, 0.5) is 4.79 Å². The van der Waals surface area contributed by atoms with E-state index in [4.69, 9.17) is 10.5 Å². The highest BCUT2D eigenvalue weighted by Crippen LogP contribution is 2.50. The third kappa shape index (κ3) is 2.96. The second-order valence-corrected chi connectivity index (χ2v) is 6.48. The van der Waals surface area contributed by atoms with E-state index in [1.807, 2.05) is 40.0 Å². The molecule has 4 nitrogen and oxygen atoms in total. The van der Waals surface area contributed by atoms with Gasteiger partial charge in [0.15, 0.2) is 0 Å². The number of ether oxygens (including phenoxy) is 1. The monoisotopic (exact) mass is 276 g/mol. The van der Waals surface area contributed by atoms with Crippen LogP contribution in [-0.2, 0) is 16.8 Å². The highest BCUT2D eigenvalue weighted by molar-refractivity contribution is 5.70. The normalized spacial score (nSPS) is 16.6. The fraction of sp³-hybridized carbons (Fsp3) is 0.562. The Balaban J connectivity index is 2.20. The van der Waals surface area contributed by atoms with Gasteiger partial charge in [-0.3, -0.25) is 0 Å². The molecule has 0 bridgehead atoms. The van der Waals surface area contributed by atoms with Crippen molar-refractivity contribution in [3.63, 3.8) is 0 Å². The maximum atomic E-state index is 12.3. The van der Waals surface area contributed by atoms with E-state index in [1.165, 1.54) is 0 Å². The van der Waals surface area contributed by atoms with E-state index in [0.29, 0.717) is 6.54 Å². The third-order valence-electron chi connectivity index (χ3n) is 3.73. The summed E-state index contributed by atoms with van der Waals surface area (Å²) < 4.78 is 5.47. The lowest BCUT2D eigenvalue weighted by Crippen LogP contribution is -2.41. The van der Waals surface area contributed by atoms with Gasteiger partial charge in [-0.2, -0.15) is 0 Å². The maximum Gasteiger partial charge on any atom is 0.410 e. The van der Waals surface area contributed by atoms with Gasteiger partial charge in [-0.25, -0.2) is 4.79 Å². The van der Waals surface area contributed by atoms with E-state index in [-0.39, 0.29) is 11.6 Å². The zero-order valence-corrected chi connectivity index (χ0v) is 12.8. The summed E-state index contributed by atoms with van der Waals surface area (Å²) in [6, 6.07) is 8.16. The summed E-state index contributed by atoms with van der Waals surface area (Å²) in [6.07, 6.45) is 1.67. The number of carbonyl (C=O) groups is 1. The Morgan fingerprint density at radius 2 is 2.05 bits per heavy atom. The summed E-state index contributed by atoms with van der Waals surface area (Å²) in [6.45, 7) is 6.16. The number of nitrogens with zero attached hydrogens (tertiary/aromatic N) is 1. The van der Waals surface area contributed by atoms with Crippen LogP contribution in [0.2, 0.25) is 0 Å². The first-order valence-corrected chi connectivity index (χ1v) is 7.05. The molecule has 0 saturated heterocycles. The molecule has 1 aliphatic carbocycles. The van der Waals surface area contributed by atoms with Crippen molar-refractivity contribution in [1.82, 2.24) is 4.90 Å². The van der Waals surface area contributed by atoms with Crippen molar-refractivity contribution < 1.29 is 9.53 Å². The molecule has 0 atom stereocenters. The number of rotatable bonds is 3. The minimum absolute atomic E-state index is 0.215. The molecule has 4 heteroatoms. The number of carbonyl (C=O) groups excluding carboxylic acids is 1. The van der Waals surface area contributed by atoms with Crippen LogP contribution in [-0.4, -0.2) is 23.6 Å². The van der Waals surface area contributed by atoms with Crippen molar-refractivity contribution in [2.45, 2.75) is 51.3 Å². The van der Waals surface area contributed by atoms with E-state index in [2.05, 4.69) is 12.1 Å². The second-order valence-electron chi connectivity index (χ2n) is 6.48. The van der Waals surface area contributed by atoms with Crippen LogP contribution >= 0.6 is 0 Å². The van der Waals surface area contributed by atoms with Gasteiger partial charge in [0.1, 0.15) is 5.60 Å². The molecule has 1 amide bonds. The lowest BCUT2D eigenvalue weighted by molar-refractivity contribution is 0.0190. The molecule has 0 spiro atoms. The molecule has 0 aliphatic heterocycles. The number of benzene rings is 1. The Morgan fingerprint density at radius 3 is 2.55 bits per heavy atom. The van der Waals surface area contributed by atoms with Crippen molar-refractivity contribution in [3.8, 4) is 0 Å². The van der Waals surface area contributed by atoms with Crippen molar-refractivity contribution in [2.75, 3.05) is 7.05 Å². The first kappa shape index (κ1) is 14.9. The highest BCUT2D eigenvalue weighted by atomic mass is 16.6. The average molecular weight is 276 g/mol. The first-order valence-electron chi connectivity index (χ1n) is 7.05. The fourth-order valence-electron chi connectivity index (χ4n) is 2.43. The molecule has 0 aromatic heterocycles. The summed E-state index contributed by atoms with van der Waals surface area (Å²) in [5, 5.41) is 0. The van der Waals surface area contributed by atoms with Gasteiger partial charge in [-0.1, -0.05) is 24.3 Å². The van der Waals surface area contributed by atoms with Crippen LogP contribution in [0.15, 0.2) is 24.3 Å². The predicted molar refractivity (Wildman–Crippen MR) is 79.2 cm³/mol. The molecule has 1 aromatic carbocycles. The van der Waals surface area contributed by atoms with Crippen LogP contribution in [0.1, 0.15) is 44.7 Å². The van der Waals surface area contributed by atoms with Gasteiger partial charge in [-0.05, 0) is 44.7 Å². The molecule has 0 radical (unpaired) electrons. The van der Waals surface area contributed by atoms with Gasteiger partial charge in [0.05, 0.1) is 5.54 Å². The van der Waals surface area contributed by atoms with E-state index in [9.17, 15) is 4.79 Å². The molecule has 20 heavy (non-hydrogen) atoms. The SMILES string of the molecule is CN(C(=O)OC(C)(C)C)C1(c2cccc(CN)c2)CC1.